The predicted octanol–water partition coefficient (Wildman–Crippen LogP) is 5.13. The van der Waals surface area contributed by atoms with Crippen LogP contribution in [0.25, 0.3) is 11.8 Å². The van der Waals surface area contributed by atoms with Crippen molar-refractivity contribution in [2.45, 2.75) is 32.7 Å². The highest BCUT2D eigenvalue weighted by atomic mass is 32.1. The summed E-state index contributed by atoms with van der Waals surface area (Å²) in [7, 11) is 3.98. The fraction of sp³-hybridized carbons (Fsp3) is 0.242. The SMILES string of the molecule is CCOC(=O)C1=C(c2ccccc2)N=c2s/c(=C\c3ccc(N(C)C)cc3)c(=O)n2[C@H]1c1ccc(C(C)C)cc1. The molecule has 0 amide bonds. The molecule has 0 radical (unpaired) electrons. The first-order chi connectivity index (χ1) is 19.3. The molecule has 204 valence electrons. The fourth-order valence-corrected chi connectivity index (χ4v) is 5.84. The molecule has 6 nitrogen and oxygen atoms in total. The number of aromatic nitrogens is 1. The fourth-order valence-electron chi connectivity index (χ4n) is 4.84. The van der Waals surface area contributed by atoms with Gasteiger partial charge in [0.25, 0.3) is 5.56 Å². The van der Waals surface area contributed by atoms with Crippen molar-refractivity contribution in [2.75, 3.05) is 25.6 Å². The topological polar surface area (TPSA) is 63.9 Å². The minimum Gasteiger partial charge on any atom is -0.463 e. The van der Waals surface area contributed by atoms with Crippen LogP contribution >= 0.6 is 11.3 Å². The van der Waals surface area contributed by atoms with Gasteiger partial charge >= 0.3 is 5.97 Å². The summed E-state index contributed by atoms with van der Waals surface area (Å²) in [4.78, 5) is 35.1. The van der Waals surface area contributed by atoms with Crippen molar-refractivity contribution < 1.29 is 9.53 Å². The third-order valence-corrected chi connectivity index (χ3v) is 7.98. The number of hydrogen-bond donors (Lipinski definition) is 0. The van der Waals surface area contributed by atoms with Crippen LogP contribution in [0.5, 0.6) is 0 Å². The van der Waals surface area contributed by atoms with Gasteiger partial charge in [-0.15, -0.1) is 0 Å². The second kappa shape index (κ2) is 11.5. The van der Waals surface area contributed by atoms with Crippen LogP contribution in [0.2, 0.25) is 0 Å². The number of esters is 1. The summed E-state index contributed by atoms with van der Waals surface area (Å²) in [6.07, 6.45) is 1.89. The molecule has 2 heterocycles. The lowest BCUT2D eigenvalue weighted by Crippen LogP contribution is -2.40. The molecule has 0 saturated carbocycles. The Labute approximate surface area is 238 Å². The monoisotopic (exact) mass is 551 g/mol. The number of fused-ring (bicyclic) bond motifs is 1. The van der Waals surface area contributed by atoms with Gasteiger partial charge < -0.3 is 9.64 Å². The number of benzene rings is 3. The van der Waals surface area contributed by atoms with Crippen LogP contribution in [0, 0.1) is 0 Å². The first kappa shape index (κ1) is 27.3. The van der Waals surface area contributed by atoms with Gasteiger partial charge in [-0.05, 0) is 47.7 Å². The van der Waals surface area contributed by atoms with E-state index in [-0.39, 0.29) is 12.2 Å². The molecule has 0 N–H and O–H groups in total. The summed E-state index contributed by atoms with van der Waals surface area (Å²) >= 11 is 1.33. The number of hydrogen-bond acceptors (Lipinski definition) is 6. The highest BCUT2D eigenvalue weighted by molar-refractivity contribution is 7.07. The van der Waals surface area contributed by atoms with Crippen molar-refractivity contribution in [3.63, 3.8) is 0 Å². The molecule has 4 aromatic rings. The first-order valence-corrected chi connectivity index (χ1v) is 14.3. The van der Waals surface area contributed by atoms with E-state index >= 15 is 0 Å². The average molecular weight is 552 g/mol. The van der Waals surface area contributed by atoms with Gasteiger partial charge in [-0.25, -0.2) is 9.79 Å². The molecular formula is C33H33N3O3S. The molecule has 0 fully saturated rings. The lowest BCUT2D eigenvalue weighted by Gasteiger charge is -2.26. The van der Waals surface area contributed by atoms with E-state index in [4.69, 9.17) is 9.73 Å². The third-order valence-electron chi connectivity index (χ3n) is 7.00. The molecule has 5 rings (SSSR count). The molecule has 0 saturated heterocycles. The number of anilines is 1. The third kappa shape index (κ3) is 5.29. The normalized spacial score (nSPS) is 15.2. The van der Waals surface area contributed by atoms with Crippen LogP contribution in [-0.2, 0) is 9.53 Å². The molecule has 0 unspecified atom stereocenters. The van der Waals surface area contributed by atoms with Gasteiger partial charge in [0.1, 0.15) is 0 Å². The Kier molecular flexibility index (Phi) is 7.85. The molecule has 0 bridgehead atoms. The van der Waals surface area contributed by atoms with E-state index in [9.17, 15) is 9.59 Å². The van der Waals surface area contributed by atoms with Crippen LogP contribution < -0.4 is 19.8 Å². The molecular weight excluding hydrogens is 518 g/mol. The number of ether oxygens (including phenoxy) is 1. The molecule has 40 heavy (non-hydrogen) atoms. The highest BCUT2D eigenvalue weighted by Gasteiger charge is 2.35. The summed E-state index contributed by atoms with van der Waals surface area (Å²) in [5.41, 5.74) is 5.51. The van der Waals surface area contributed by atoms with Crippen molar-refractivity contribution in [2.24, 2.45) is 4.99 Å². The largest absolute Gasteiger partial charge is 0.463 e. The molecule has 0 aliphatic carbocycles. The first-order valence-electron chi connectivity index (χ1n) is 13.4. The average Bonchev–Trinajstić information content (AvgIpc) is 3.27. The zero-order valence-electron chi connectivity index (χ0n) is 23.4. The van der Waals surface area contributed by atoms with E-state index in [2.05, 4.69) is 26.0 Å². The Morgan fingerprint density at radius 2 is 1.70 bits per heavy atom. The van der Waals surface area contributed by atoms with Gasteiger partial charge in [-0.3, -0.25) is 9.36 Å². The minimum atomic E-state index is -0.676. The number of carbonyl (C=O) groups is 1. The minimum absolute atomic E-state index is 0.188. The summed E-state index contributed by atoms with van der Waals surface area (Å²) < 4.78 is 7.75. The van der Waals surface area contributed by atoms with Gasteiger partial charge in [0, 0.05) is 25.3 Å². The number of carbonyl (C=O) groups excluding carboxylic acids is 1. The second-order valence-corrected chi connectivity index (χ2v) is 11.2. The molecule has 1 aliphatic rings. The van der Waals surface area contributed by atoms with E-state index in [0.717, 1.165) is 22.4 Å². The number of nitrogens with zero attached hydrogens (tertiary/aromatic N) is 3. The molecule has 0 spiro atoms. The van der Waals surface area contributed by atoms with Gasteiger partial charge in [0.2, 0.25) is 0 Å². The summed E-state index contributed by atoms with van der Waals surface area (Å²) in [5, 5.41) is 0. The lowest BCUT2D eigenvalue weighted by atomic mass is 9.91. The van der Waals surface area contributed by atoms with Crippen LogP contribution in [0.15, 0.2) is 94.2 Å². The standard InChI is InChI=1S/C33H33N3O3S/c1-6-39-32(38)28-29(24-10-8-7-9-11-24)34-33-36(30(28)25-16-14-23(15-17-25)21(2)3)31(37)27(40-33)20-22-12-18-26(19-13-22)35(4)5/h7-21,30H,6H2,1-5H3/b27-20-/t30-/m0/s1. The van der Waals surface area contributed by atoms with Crippen LogP contribution in [0.1, 0.15) is 55.0 Å². The molecule has 1 aliphatic heterocycles. The van der Waals surface area contributed by atoms with E-state index in [1.807, 2.05) is 91.8 Å². The highest BCUT2D eigenvalue weighted by Crippen LogP contribution is 2.35. The Bertz CT molecular complexity index is 1730. The Morgan fingerprint density at radius 1 is 1.02 bits per heavy atom. The van der Waals surface area contributed by atoms with Gasteiger partial charge in [0.05, 0.1) is 28.5 Å². The van der Waals surface area contributed by atoms with E-state index in [0.29, 0.717) is 26.5 Å². The summed E-state index contributed by atoms with van der Waals surface area (Å²) in [6, 6.07) is 25.1. The van der Waals surface area contributed by atoms with Gasteiger partial charge in [-0.2, -0.15) is 0 Å². The summed E-state index contributed by atoms with van der Waals surface area (Å²) in [6.45, 7) is 6.28. The molecule has 1 atom stereocenters. The van der Waals surface area contributed by atoms with Crippen molar-refractivity contribution >= 4 is 34.8 Å². The molecule has 1 aromatic heterocycles. The maximum absolute atomic E-state index is 14.0. The van der Waals surface area contributed by atoms with Gasteiger partial charge in [0.15, 0.2) is 4.80 Å². The number of rotatable bonds is 7. The number of thiazole rings is 1. The quantitative estimate of drug-likeness (QED) is 0.299. The van der Waals surface area contributed by atoms with E-state index in [1.165, 1.54) is 16.9 Å². The van der Waals surface area contributed by atoms with Crippen molar-refractivity contribution in [1.29, 1.82) is 0 Å². The summed E-state index contributed by atoms with van der Waals surface area (Å²) in [5.74, 6) is -0.119. The molecule has 3 aromatic carbocycles. The van der Waals surface area contributed by atoms with Crippen LogP contribution in [0.3, 0.4) is 0 Å². The maximum Gasteiger partial charge on any atom is 0.338 e. The van der Waals surface area contributed by atoms with Crippen molar-refractivity contribution in [3.8, 4) is 0 Å². The Hall–Kier alpha value is -4.23. The van der Waals surface area contributed by atoms with Crippen LogP contribution in [-0.4, -0.2) is 31.2 Å². The predicted molar refractivity (Wildman–Crippen MR) is 162 cm³/mol. The van der Waals surface area contributed by atoms with Crippen molar-refractivity contribution in [1.82, 2.24) is 4.57 Å². The zero-order valence-corrected chi connectivity index (χ0v) is 24.2. The molecule has 7 heteroatoms. The van der Waals surface area contributed by atoms with E-state index in [1.54, 1.807) is 11.5 Å². The smallest absolute Gasteiger partial charge is 0.338 e. The van der Waals surface area contributed by atoms with E-state index < -0.39 is 12.0 Å². The lowest BCUT2D eigenvalue weighted by molar-refractivity contribution is -0.138. The van der Waals surface area contributed by atoms with Crippen LogP contribution in [0.4, 0.5) is 5.69 Å². The van der Waals surface area contributed by atoms with Gasteiger partial charge in [-0.1, -0.05) is 91.9 Å². The maximum atomic E-state index is 14.0. The zero-order chi connectivity index (χ0) is 28.4. The Balaban J connectivity index is 1.77. The Morgan fingerprint density at radius 3 is 2.30 bits per heavy atom. The van der Waals surface area contributed by atoms with Crippen molar-refractivity contribution in [3.05, 3.63) is 126 Å². The second-order valence-electron chi connectivity index (χ2n) is 10.2.